The van der Waals surface area contributed by atoms with E-state index < -0.39 is 17.7 Å². The number of ether oxygens (including phenoxy) is 1. The summed E-state index contributed by atoms with van der Waals surface area (Å²) in [6.07, 6.45) is 3.21. The quantitative estimate of drug-likeness (QED) is 0.326. The van der Waals surface area contributed by atoms with E-state index in [1.807, 2.05) is 31.2 Å². The Morgan fingerprint density at radius 1 is 1.00 bits per heavy atom. The maximum Gasteiger partial charge on any atom is 0.300 e. The molecular formula is C28H28N2O4. The van der Waals surface area contributed by atoms with Crippen LogP contribution in [0.3, 0.4) is 0 Å². The Morgan fingerprint density at radius 2 is 1.65 bits per heavy atom. The molecule has 6 nitrogen and oxygen atoms in total. The first-order chi connectivity index (χ1) is 16.1. The lowest BCUT2D eigenvalue weighted by Gasteiger charge is -2.26. The van der Waals surface area contributed by atoms with Gasteiger partial charge in [-0.15, -0.1) is 0 Å². The number of carbonyl (C=O) groups excluding carboxylic acids is 2. The van der Waals surface area contributed by atoms with E-state index >= 15 is 0 Å². The lowest BCUT2D eigenvalue weighted by atomic mass is 9.87. The average Bonchev–Trinajstić information content (AvgIpc) is 3.09. The molecule has 0 aliphatic carbocycles. The second kappa shape index (κ2) is 8.78. The van der Waals surface area contributed by atoms with Gasteiger partial charge in [-0.1, -0.05) is 32.9 Å². The van der Waals surface area contributed by atoms with Crippen LogP contribution >= 0.6 is 0 Å². The fourth-order valence-corrected chi connectivity index (χ4v) is 4.26. The molecular weight excluding hydrogens is 428 g/mol. The van der Waals surface area contributed by atoms with Crippen molar-refractivity contribution in [2.75, 3.05) is 12.0 Å². The van der Waals surface area contributed by atoms with Crippen molar-refractivity contribution in [1.29, 1.82) is 0 Å². The van der Waals surface area contributed by atoms with Crippen LogP contribution in [-0.2, 0) is 15.0 Å². The Balaban J connectivity index is 1.89. The van der Waals surface area contributed by atoms with Crippen LogP contribution in [-0.4, -0.2) is 28.9 Å². The van der Waals surface area contributed by atoms with E-state index in [1.165, 1.54) is 4.90 Å². The fraction of sp³-hybridized carbons (Fsp3) is 0.250. The number of hydrogen-bond acceptors (Lipinski definition) is 5. The van der Waals surface area contributed by atoms with Crippen molar-refractivity contribution in [1.82, 2.24) is 4.98 Å². The van der Waals surface area contributed by atoms with Gasteiger partial charge in [0.15, 0.2) is 0 Å². The molecule has 1 aliphatic heterocycles. The van der Waals surface area contributed by atoms with Gasteiger partial charge in [0.1, 0.15) is 11.5 Å². The van der Waals surface area contributed by atoms with Crippen LogP contribution in [0.25, 0.3) is 5.76 Å². The molecule has 0 spiro atoms. The van der Waals surface area contributed by atoms with E-state index in [0.717, 1.165) is 11.1 Å². The minimum atomic E-state index is -0.786. The van der Waals surface area contributed by atoms with Gasteiger partial charge >= 0.3 is 0 Å². The monoisotopic (exact) mass is 456 g/mol. The number of amides is 1. The van der Waals surface area contributed by atoms with E-state index in [4.69, 9.17) is 4.74 Å². The molecule has 6 heteroatoms. The molecule has 1 saturated heterocycles. The average molecular weight is 457 g/mol. The summed E-state index contributed by atoms with van der Waals surface area (Å²) in [4.78, 5) is 32.1. The molecule has 0 bridgehead atoms. The number of hydrogen-bond donors (Lipinski definition) is 1. The molecule has 1 unspecified atom stereocenters. The maximum atomic E-state index is 13.3. The Morgan fingerprint density at radius 3 is 2.21 bits per heavy atom. The largest absolute Gasteiger partial charge is 0.507 e. The summed E-state index contributed by atoms with van der Waals surface area (Å²) < 4.78 is 5.31. The van der Waals surface area contributed by atoms with Gasteiger partial charge in [0, 0.05) is 23.6 Å². The van der Waals surface area contributed by atoms with Gasteiger partial charge in [-0.3, -0.25) is 19.5 Å². The third kappa shape index (κ3) is 4.07. The van der Waals surface area contributed by atoms with Gasteiger partial charge in [-0.2, -0.15) is 0 Å². The summed E-state index contributed by atoms with van der Waals surface area (Å²) in [5.41, 5.74) is 3.62. The van der Waals surface area contributed by atoms with Crippen molar-refractivity contribution in [3.63, 3.8) is 0 Å². The minimum Gasteiger partial charge on any atom is -0.507 e. The first-order valence-electron chi connectivity index (χ1n) is 11.1. The van der Waals surface area contributed by atoms with Gasteiger partial charge in [0.2, 0.25) is 0 Å². The molecule has 1 amide bonds. The van der Waals surface area contributed by atoms with Crippen molar-refractivity contribution in [3.05, 3.63) is 94.8 Å². The van der Waals surface area contributed by atoms with Crippen molar-refractivity contribution < 1.29 is 19.4 Å². The molecule has 1 fully saturated rings. The third-order valence-electron chi connectivity index (χ3n) is 6.15. The van der Waals surface area contributed by atoms with E-state index in [1.54, 1.807) is 49.8 Å². The Kier molecular flexibility index (Phi) is 6.00. The molecule has 174 valence electrons. The highest BCUT2D eigenvalue weighted by Gasteiger charge is 2.47. The first-order valence-corrected chi connectivity index (χ1v) is 11.1. The number of methoxy groups -OCH3 is 1. The van der Waals surface area contributed by atoms with Crippen molar-refractivity contribution >= 4 is 23.1 Å². The lowest BCUT2D eigenvalue weighted by molar-refractivity contribution is -0.132. The maximum absolute atomic E-state index is 13.3. The zero-order valence-corrected chi connectivity index (χ0v) is 20.0. The van der Waals surface area contributed by atoms with Crippen LogP contribution in [0, 0.1) is 6.92 Å². The number of aromatic nitrogens is 1. The Labute approximate surface area is 199 Å². The summed E-state index contributed by atoms with van der Waals surface area (Å²) in [5.74, 6) is -0.967. The molecule has 1 N–H and O–H groups in total. The molecule has 34 heavy (non-hydrogen) atoms. The first kappa shape index (κ1) is 23.2. The van der Waals surface area contributed by atoms with Crippen LogP contribution in [0.15, 0.2) is 72.6 Å². The van der Waals surface area contributed by atoms with Crippen LogP contribution in [0.4, 0.5) is 5.69 Å². The van der Waals surface area contributed by atoms with Crippen molar-refractivity contribution in [2.24, 2.45) is 0 Å². The zero-order valence-electron chi connectivity index (χ0n) is 20.0. The molecule has 0 radical (unpaired) electrons. The molecule has 1 aliphatic rings. The second-order valence-electron chi connectivity index (χ2n) is 9.43. The zero-order chi connectivity index (χ0) is 24.6. The highest BCUT2D eigenvalue weighted by atomic mass is 16.5. The predicted molar refractivity (Wildman–Crippen MR) is 132 cm³/mol. The molecule has 1 aromatic heterocycles. The van der Waals surface area contributed by atoms with Crippen LogP contribution < -0.4 is 9.64 Å². The normalized spacial score (nSPS) is 17.8. The number of aliphatic hydroxyl groups is 1. The van der Waals surface area contributed by atoms with Gasteiger partial charge < -0.3 is 9.84 Å². The number of benzene rings is 2. The molecule has 2 heterocycles. The van der Waals surface area contributed by atoms with Gasteiger partial charge in [-0.25, -0.2) is 0 Å². The number of pyridine rings is 1. The Bertz CT molecular complexity index is 1270. The highest BCUT2D eigenvalue weighted by molar-refractivity contribution is 6.51. The summed E-state index contributed by atoms with van der Waals surface area (Å²) in [7, 11) is 1.57. The number of carbonyl (C=O) groups is 2. The van der Waals surface area contributed by atoms with E-state index in [0.29, 0.717) is 22.6 Å². The standard InChI is InChI=1S/C28H28N2O4/c1-17-16-19(6-11-22(17)34-5)25(31)23-24(18-12-14-29-15-13-18)30(27(33)26(23)32)21-9-7-20(8-10-21)28(2,3)4/h6-16,24,31H,1-5H3/b25-23-. The van der Waals surface area contributed by atoms with Crippen LogP contribution in [0.5, 0.6) is 5.75 Å². The number of aryl methyl sites for hydroxylation is 1. The third-order valence-corrected chi connectivity index (χ3v) is 6.15. The van der Waals surface area contributed by atoms with Crippen molar-refractivity contribution in [2.45, 2.75) is 39.2 Å². The summed E-state index contributed by atoms with van der Waals surface area (Å²) in [6.45, 7) is 8.19. The van der Waals surface area contributed by atoms with Crippen molar-refractivity contribution in [3.8, 4) is 5.75 Å². The second-order valence-corrected chi connectivity index (χ2v) is 9.43. The Hall–Kier alpha value is -3.93. The molecule has 3 aromatic rings. The number of Topliss-reactive ketones (excluding diaryl/α,β-unsaturated/α-hetero) is 1. The molecule has 2 aromatic carbocycles. The molecule has 4 rings (SSSR count). The van der Waals surface area contributed by atoms with Crippen LogP contribution in [0.1, 0.15) is 49.1 Å². The summed E-state index contributed by atoms with van der Waals surface area (Å²) in [5, 5.41) is 11.3. The minimum absolute atomic E-state index is 0.0423. The number of rotatable bonds is 4. The number of nitrogens with zero attached hydrogens (tertiary/aromatic N) is 2. The van der Waals surface area contributed by atoms with Gasteiger partial charge in [0.25, 0.3) is 11.7 Å². The topological polar surface area (TPSA) is 79.7 Å². The molecule has 1 atom stereocenters. The SMILES string of the molecule is COc1ccc(/C(O)=C2/C(=O)C(=O)N(c3ccc(C(C)(C)C)cc3)C2c2ccncc2)cc1C. The smallest absolute Gasteiger partial charge is 0.300 e. The summed E-state index contributed by atoms with van der Waals surface area (Å²) in [6, 6.07) is 15.5. The number of aliphatic hydroxyl groups excluding tert-OH is 1. The fourth-order valence-electron chi connectivity index (χ4n) is 4.26. The van der Waals surface area contributed by atoms with Gasteiger partial charge in [0.05, 0.1) is 18.7 Å². The summed E-state index contributed by atoms with van der Waals surface area (Å²) >= 11 is 0. The number of ketones is 1. The van der Waals surface area contributed by atoms with E-state index in [9.17, 15) is 14.7 Å². The lowest BCUT2D eigenvalue weighted by Crippen LogP contribution is -2.29. The number of anilines is 1. The van der Waals surface area contributed by atoms with Gasteiger partial charge in [-0.05, 0) is 71.5 Å². The van der Waals surface area contributed by atoms with Crippen LogP contribution in [0.2, 0.25) is 0 Å². The van der Waals surface area contributed by atoms with E-state index in [2.05, 4.69) is 25.8 Å². The molecule has 0 saturated carbocycles. The predicted octanol–water partition coefficient (Wildman–Crippen LogP) is 5.32. The van der Waals surface area contributed by atoms with E-state index in [-0.39, 0.29) is 16.7 Å². The highest BCUT2D eigenvalue weighted by Crippen LogP contribution is 2.42.